The minimum atomic E-state index is -3.53. The van der Waals surface area contributed by atoms with E-state index in [0.717, 1.165) is 4.90 Å². The molecule has 1 aliphatic rings. The first-order chi connectivity index (χ1) is 13.1. The minimum Gasteiger partial charge on any atom is -0.444 e. The topological polar surface area (TPSA) is 112 Å². The fourth-order valence-corrected chi connectivity index (χ4v) is 5.13. The highest BCUT2D eigenvalue weighted by Crippen LogP contribution is 2.27. The smallest absolute Gasteiger partial charge is 0.410 e. The second-order valence-corrected chi connectivity index (χ2v) is 10.6. The lowest BCUT2D eigenvalue weighted by molar-refractivity contribution is 0.0169. The summed E-state index contributed by atoms with van der Waals surface area (Å²) in [7, 11) is -3.53. The van der Waals surface area contributed by atoms with Crippen LogP contribution in [0.3, 0.4) is 0 Å². The van der Waals surface area contributed by atoms with Gasteiger partial charge in [0.2, 0.25) is 0 Å². The molecule has 1 aromatic carbocycles. The summed E-state index contributed by atoms with van der Waals surface area (Å²) in [5, 5.41) is 3.76. The number of benzene rings is 1. The van der Waals surface area contributed by atoms with Crippen molar-refractivity contribution in [3.8, 4) is 0 Å². The number of sulfone groups is 1. The monoisotopic (exact) mass is 426 g/mol. The number of azide groups is 1. The average Bonchev–Trinajstić information content (AvgIpc) is 2.61. The van der Waals surface area contributed by atoms with E-state index < -0.39 is 27.6 Å². The molecule has 2 rings (SSSR count). The highest BCUT2D eigenvalue weighted by Gasteiger charge is 2.35. The van der Waals surface area contributed by atoms with Crippen molar-refractivity contribution in [2.24, 2.45) is 11.0 Å². The molecule has 1 saturated heterocycles. The van der Waals surface area contributed by atoms with Crippen molar-refractivity contribution in [2.45, 2.75) is 48.6 Å². The summed E-state index contributed by atoms with van der Waals surface area (Å²) >= 11 is 1.54. The lowest BCUT2D eigenvalue weighted by atomic mass is 9.94. The van der Waals surface area contributed by atoms with E-state index in [1.807, 2.05) is 6.26 Å². The third-order valence-electron chi connectivity index (χ3n) is 4.43. The standard InChI is InChI=1S/C18H26N4O4S2/c1-18(2,3)26-17(23)22-10-9-13(16(11-22)20-21-19)12-28(24,25)15-7-5-14(27-4)6-8-15/h5-8,13,16H,9-12H2,1-4H3/t13-,16-/m0/s1. The zero-order valence-electron chi connectivity index (χ0n) is 16.5. The Bertz CT molecular complexity index is 843. The van der Waals surface area contributed by atoms with Crippen LogP contribution in [0.1, 0.15) is 27.2 Å². The molecule has 0 bridgehead atoms. The number of rotatable bonds is 5. The Morgan fingerprint density at radius 1 is 1.36 bits per heavy atom. The van der Waals surface area contributed by atoms with Gasteiger partial charge in [-0.05, 0) is 69.2 Å². The predicted octanol–water partition coefficient (Wildman–Crippen LogP) is 4.12. The van der Waals surface area contributed by atoms with Crippen LogP contribution in [0.2, 0.25) is 0 Å². The van der Waals surface area contributed by atoms with Gasteiger partial charge in [0.05, 0.1) is 16.7 Å². The molecule has 0 aliphatic carbocycles. The maximum absolute atomic E-state index is 12.8. The molecular formula is C18H26N4O4S2. The van der Waals surface area contributed by atoms with Crippen LogP contribution < -0.4 is 0 Å². The second kappa shape index (κ2) is 9.07. The summed E-state index contributed by atoms with van der Waals surface area (Å²) in [6.07, 6.45) is 1.86. The fourth-order valence-electron chi connectivity index (χ4n) is 3.03. The molecule has 1 aliphatic heterocycles. The van der Waals surface area contributed by atoms with E-state index in [4.69, 9.17) is 10.3 Å². The molecule has 154 valence electrons. The van der Waals surface area contributed by atoms with Crippen molar-refractivity contribution < 1.29 is 17.9 Å². The summed E-state index contributed by atoms with van der Waals surface area (Å²) < 4.78 is 31.0. The molecule has 2 atom stereocenters. The molecule has 0 unspecified atom stereocenters. The minimum absolute atomic E-state index is 0.128. The van der Waals surface area contributed by atoms with Crippen LogP contribution in [0.5, 0.6) is 0 Å². The first kappa shape index (κ1) is 22.4. The van der Waals surface area contributed by atoms with E-state index in [-0.39, 0.29) is 23.1 Å². The molecule has 0 N–H and O–H groups in total. The van der Waals surface area contributed by atoms with Gasteiger partial charge in [-0.15, -0.1) is 11.8 Å². The molecule has 1 fully saturated rings. The van der Waals surface area contributed by atoms with Crippen LogP contribution in [-0.2, 0) is 14.6 Å². The molecule has 1 aromatic rings. The number of carbonyl (C=O) groups is 1. The Balaban J connectivity index is 2.12. The molecule has 1 heterocycles. The number of hydrogen-bond acceptors (Lipinski definition) is 6. The van der Waals surface area contributed by atoms with Gasteiger partial charge in [-0.1, -0.05) is 5.11 Å². The number of hydrogen-bond donors (Lipinski definition) is 0. The molecule has 8 nitrogen and oxygen atoms in total. The molecule has 0 spiro atoms. The molecule has 1 amide bonds. The number of thioether (sulfide) groups is 1. The van der Waals surface area contributed by atoms with Gasteiger partial charge in [-0.25, -0.2) is 13.2 Å². The molecule has 0 aromatic heterocycles. The lowest BCUT2D eigenvalue weighted by Crippen LogP contribution is -2.48. The predicted molar refractivity (Wildman–Crippen MR) is 109 cm³/mol. The maximum atomic E-state index is 12.8. The summed E-state index contributed by atoms with van der Waals surface area (Å²) in [5.41, 5.74) is 8.26. The first-order valence-corrected chi connectivity index (χ1v) is 11.8. The van der Waals surface area contributed by atoms with Gasteiger partial charge >= 0.3 is 6.09 Å². The highest BCUT2D eigenvalue weighted by molar-refractivity contribution is 7.98. The zero-order chi connectivity index (χ0) is 20.9. The number of amides is 1. The van der Waals surface area contributed by atoms with Crippen molar-refractivity contribution in [2.75, 3.05) is 25.1 Å². The number of piperidine rings is 1. The Hall–Kier alpha value is -1.90. The Morgan fingerprint density at radius 3 is 2.54 bits per heavy atom. The highest BCUT2D eigenvalue weighted by atomic mass is 32.2. The zero-order valence-corrected chi connectivity index (χ0v) is 18.2. The molecule has 28 heavy (non-hydrogen) atoms. The van der Waals surface area contributed by atoms with Crippen molar-refractivity contribution >= 4 is 27.7 Å². The van der Waals surface area contributed by atoms with E-state index >= 15 is 0 Å². The third kappa shape index (κ3) is 6.05. The fraction of sp³-hybridized carbons (Fsp3) is 0.611. The van der Waals surface area contributed by atoms with Gasteiger partial charge in [0.15, 0.2) is 9.84 Å². The van der Waals surface area contributed by atoms with Crippen LogP contribution in [0.25, 0.3) is 10.4 Å². The molecule has 0 radical (unpaired) electrons. The van der Waals surface area contributed by atoms with Crippen molar-refractivity contribution in [1.82, 2.24) is 4.90 Å². The summed E-state index contributed by atoms with van der Waals surface area (Å²) in [6.45, 7) is 5.83. The van der Waals surface area contributed by atoms with Crippen molar-refractivity contribution in [3.63, 3.8) is 0 Å². The van der Waals surface area contributed by atoms with E-state index in [1.54, 1.807) is 45.0 Å². The second-order valence-electron chi connectivity index (χ2n) is 7.70. The molecular weight excluding hydrogens is 400 g/mol. The first-order valence-electron chi connectivity index (χ1n) is 8.94. The largest absolute Gasteiger partial charge is 0.444 e. The Morgan fingerprint density at radius 2 is 2.00 bits per heavy atom. The van der Waals surface area contributed by atoms with Gasteiger partial charge < -0.3 is 9.64 Å². The average molecular weight is 427 g/mol. The van der Waals surface area contributed by atoms with E-state index in [1.165, 1.54) is 16.7 Å². The van der Waals surface area contributed by atoms with Gasteiger partial charge in [0, 0.05) is 22.9 Å². The van der Waals surface area contributed by atoms with E-state index in [2.05, 4.69) is 10.0 Å². The van der Waals surface area contributed by atoms with Crippen LogP contribution in [-0.4, -0.2) is 56.2 Å². The number of carbonyl (C=O) groups excluding carboxylic acids is 1. The number of likely N-dealkylation sites (tertiary alicyclic amines) is 1. The van der Waals surface area contributed by atoms with Gasteiger partial charge in [-0.3, -0.25) is 0 Å². The third-order valence-corrected chi connectivity index (χ3v) is 7.03. The van der Waals surface area contributed by atoms with Crippen molar-refractivity contribution in [3.05, 3.63) is 34.7 Å². The summed E-state index contributed by atoms with van der Waals surface area (Å²) in [5.74, 6) is -0.489. The normalized spacial score (nSPS) is 20.4. The number of ether oxygens (including phenoxy) is 1. The number of nitrogens with zero attached hydrogens (tertiary/aromatic N) is 4. The van der Waals surface area contributed by atoms with Gasteiger partial charge in [0.1, 0.15) is 5.60 Å². The molecule has 10 heteroatoms. The van der Waals surface area contributed by atoms with Crippen LogP contribution in [0.15, 0.2) is 39.2 Å². The van der Waals surface area contributed by atoms with Crippen molar-refractivity contribution in [1.29, 1.82) is 0 Å². The van der Waals surface area contributed by atoms with Crippen LogP contribution >= 0.6 is 11.8 Å². The van der Waals surface area contributed by atoms with Gasteiger partial charge in [0.25, 0.3) is 0 Å². The van der Waals surface area contributed by atoms with Gasteiger partial charge in [-0.2, -0.15) is 0 Å². The van der Waals surface area contributed by atoms with E-state index in [0.29, 0.717) is 13.0 Å². The Kier molecular flexibility index (Phi) is 7.25. The lowest BCUT2D eigenvalue weighted by Gasteiger charge is -2.37. The maximum Gasteiger partial charge on any atom is 0.410 e. The van der Waals surface area contributed by atoms with E-state index in [9.17, 15) is 13.2 Å². The Labute approximate surface area is 170 Å². The van der Waals surface area contributed by atoms with Crippen LogP contribution in [0, 0.1) is 5.92 Å². The summed E-state index contributed by atoms with van der Waals surface area (Å²) in [6, 6.07) is 6.12. The SMILES string of the molecule is CSc1ccc(S(=O)(=O)C[C@@H]2CCN(C(=O)OC(C)(C)C)C[C@@H]2N=[N+]=[N-])cc1. The quantitative estimate of drug-likeness (QED) is 0.304. The summed E-state index contributed by atoms with van der Waals surface area (Å²) in [4.78, 5) is 17.8. The van der Waals surface area contributed by atoms with Crippen LogP contribution in [0.4, 0.5) is 4.79 Å². The molecule has 0 saturated carbocycles.